The Morgan fingerprint density at radius 3 is 2.19 bits per heavy atom. The Kier molecular flexibility index (Phi) is 9.20. The topological polar surface area (TPSA) is 188 Å². The van der Waals surface area contributed by atoms with E-state index in [1.165, 1.54) is 0 Å². The van der Waals surface area contributed by atoms with Gasteiger partial charge in [0, 0.05) is 23.2 Å². The van der Waals surface area contributed by atoms with Crippen molar-refractivity contribution in [1.82, 2.24) is 4.98 Å². The summed E-state index contributed by atoms with van der Waals surface area (Å²) in [6, 6.07) is 11.6. The number of amidine groups is 1. The average molecular weight is 604 g/mol. The highest BCUT2D eigenvalue weighted by molar-refractivity contribution is 5.75. The lowest BCUT2D eigenvalue weighted by atomic mass is 9.67. The van der Waals surface area contributed by atoms with Gasteiger partial charge in [-0.1, -0.05) is 0 Å². The van der Waals surface area contributed by atoms with Crippen molar-refractivity contribution in [3.63, 3.8) is 0 Å². The van der Waals surface area contributed by atoms with Crippen LogP contribution in [0, 0.1) is 17.2 Å². The van der Waals surface area contributed by atoms with Crippen LogP contribution in [0.5, 0.6) is 5.75 Å². The maximum Gasteiger partial charge on any atom is 0.490 e. The minimum atomic E-state index is -5.08. The van der Waals surface area contributed by atoms with Crippen LogP contribution in [0.2, 0.25) is 0 Å². The van der Waals surface area contributed by atoms with E-state index >= 15 is 0 Å². The number of rotatable bonds is 1. The molecule has 1 unspecified atom stereocenters. The van der Waals surface area contributed by atoms with E-state index in [0.717, 1.165) is 29.7 Å². The van der Waals surface area contributed by atoms with Crippen molar-refractivity contribution in [2.45, 2.75) is 49.4 Å². The number of fused-ring (bicyclic) bond motifs is 4. The average Bonchev–Trinajstić information content (AvgIpc) is 3.31. The minimum Gasteiger partial charge on any atom is -0.490 e. The van der Waals surface area contributed by atoms with Gasteiger partial charge in [-0.2, -0.15) is 31.6 Å². The summed E-state index contributed by atoms with van der Waals surface area (Å²) in [7, 11) is 0. The molecule has 2 aliphatic heterocycles. The molecular weight excluding hydrogens is 582 g/mol. The number of aromatic nitrogens is 1. The van der Waals surface area contributed by atoms with Crippen LogP contribution in [-0.2, 0) is 19.9 Å². The van der Waals surface area contributed by atoms with Crippen molar-refractivity contribution in [3.8, 4) is 23.1 Å². The number of aliphatic hydroxyl groups is 1. The normalized spacial score (nSPS) is 24.0. The third-order valence-electron chi connectivity index (χ3n) is 6.52. The van der Waals surface area contributed by atoms with Crippen LogP contribution in [0.3, 0.4) is 0 Å². The van der Waals surface area contributed by atoms with Gasteiger partial charge in [0.25, 0.3) is 6.02 Å². The number of alkyl halides is 6. The van der Waals surface area contributed by atoms with Crippen LogP contribution >= 0.6 is 0 Å². The molecule has 1 aliphatic carbocycles. The predicted molar refractivity (Wildman–Crippen MR) is 129 cm³/mol. The highest BCUT2D eigenvalue weighted by Gasteiger charge is 2.55. The zero-order valence-electron chi connectivity index (χ0n) is 21.2. The molecule has 1 fully saturated rings. The first-order valence-electron chi connectivity index (χ1n) is 11.9. The number of aliphatic carboxylic acids is 2. The molecule has 11 nitrogen and oxygen atoms in total. The monoisotopic (exact) mass is 604 g/mol. The second-order valence-electron chi connectivity index (χ2n) is 9.25. The number of nitrogens with two attached hydrogens (primary N) is 1. The summed E-state index contributed by atoms with van der Waals surface area (Å²) in [4.78, 5) is 26.9. The highest BCUT2D eigenvalue weighted by Crippen LogP contribution is 2.52. The zero-order valence-corrected chi connectivity index (χ0v) is 21.2. The van der Waals surface area contributed by atoms with Crippen LogP contribution in [0.4, 0.5) is 26.3 Å². The molecule has 5 N–H and O–H groups in total. The molecule has 226 valence electrons. The van der Waals surface area contributed by atoms with E-state index in [9.17, 15) is 36.7 Å². The van der Waals surface area contributed by atoms with E-state index in [-0.39, 0.29) is 24.1 Å². The van der Waals surface area contributed by atoms with Gasteiger partial charge in [-0.05, 0) is 49.6 Å². The molecule has 3 heterocycles. The van der Waals surface area contributed by atoms with Gasteiger partial charge in [0.05, 0.1) is 23.4 Å². The Balaban J connectivity index is 0.000000289. The van der Waals surface area contributed by atoms with Gasteiger partial charge in [-0.3, -0.25) is 4.98 Å². The van der Waals surface area contributed by atoms with Gasteiger partial charge in [0.15, 0.2) is 0 Å². The Bertz CT molecular complexity index is 1380. The molecule has 42 heavy (non-hydrogen) atoms. The van der Waals surface area contributed by atoms with Crippen molar-refractivity contribution >= 4 is 18.0 Å². The predicted octanol–water partition coefficient (Wildman–Crippen LogP) is 3.35. The van der Waals surface area contributed by atoms with Crippen molar-refractivity contribution in [2.24, 2.45) is 16.6 Å². The first kappa shape index (κ1) is 31.9. The molecule has 0 radical (unpaired) electrons. The first-order valence-corrected chi connectivity index (χ1v) is 11.9. The summed E-state index contributed by atoms with van der Waals surface area (Å²) in [5, 5.41) is 33.7. The maximum absolute atomic E-state index is 10.6. The van der Waals surface area contributed by atoms with Gasteiger partial charge >= 0.3 is 24.3 Å². The number of ether oxygens (including phenoxy) is 2. The number of carboxylic acids is 2. The summed E-state index contributed by atoms with van der Waals surface area (Å²) in [6.45, 7) is 0.332. The van der Waals surface area contributed by atoms with Crippen LogP contribution < -0.4 is 10.5 Å². The number of nitriles is 1. The summed E-state index contributed by atoms with van der Waals surface area (Å²) >= 11 is 0. The quantitative estimate of drug-likeness (QED) is 0.352. The number of benzene rings is 1. The molecular formula is C25H22F6N4O7. The molecule has 1 aromatic carbocycles. The first-order chi connectivity index (χ1) is 19.5. The Hall–Kier alpha value is -4.59. The summed E-state index contributed by atoms with van der Waals surface area (Å²) in [5.74, 6) is -4.77. The summed E-state index contributed by atoms with van der Waals surface area (Å²) < 4.78 is 75.4. The molecule has 0 saturated heterocycles. The number of halogens is 6. The number of nitrogens with zero attached hydrogens (tertiary/aromatic N) is 3. The number of aliphatic imine (C=N–C) groups is 1. The van der Waals surface area contributed by atoms with Gasteiger partial charge in [-0.25, -0.2) is 14.6 Å². The fraction of sp³-hybridized carbons (Fsp3) is 0.400. The molecule has 3 aliphatic rings. The highest BCUT2D eigenvalue weighted by atomic mass is 19.4. The molecule has 0 amide bonds. The van der Waals surface area contributed by atoms with Crippen molar-refractivity contribution in [2.75, 3.05) is 6.61 Å². The zero-order chi connectivity index (χ0) is 31.5. The fourth-order valence-electron chi connectivity index (χ4n) is 4.69. The van der Waals surface area contributed by atoms with E-state index in [0.29, 0.717) is 24.3 Å². The van der Waals surface area contributed by atoms with Gasteiger partial charge < -0.3 is 30.5 Å². The molecule has 0 bridgehead atoms. The number of carbonyl (C=O) groups is 2. The lowest BCUT2D eigenvalue weighted by molar-refractivity contribution is -0.193. The third-order valence-corrected chi connectivity index (χ3v) is 6.52. The molecule has 1 saturated carbocycles. The molecule has 1 aromatic heterocycles. The van der Waals surface area contributed by atoms with Crippen molar-refractivity contribution in [1.29, 1.82) is 5.26 Å². The molecule has 17 heteroatoms. The van der Waals surface area contributed by atoms with Crippen LogP contribution in [0.15, 0.2) is 41.5 Å². The van der Waals surface area contributed by atoms with Gasteiger partial charge in [-0.15, -0.1) is 0 Å². The molecule has 2 aromatic rings. The van der Waals surface area contributed by atoms with E-state index < -0.39 is 29.8 Å². The van der Waals surface area contributed by atoms with Crippen molar-refractivity contribution in [3.05, 3.63) is 47.7 Å². The summed E-state index contributed by atoms with van der Waals surface area (Å²) in [5.41, 5.74) is 8.26. The smallest absolute Gasteiger partial charge is 0.490 e. The fourth-order valence-corrected chi connectivity index (χ4v) is 4.69. The number of aliphatic hydroxyl groups excluding tert-OH is 1. The maximum atomic E-state index is 10.6. The van der Waals surface area contributed by atoms with Gasteiger partial charge in [0.2, 0.25) is 0 Å². The lowest BCUT2D eigenvalue weighted by Crippen LogP contribution is -2.51. The largest absolute Gasteiger partial charge is 0.490 e. The van der Waals surface area contributed by atoms with E-state index in [2.05, 4.69) is 11.1 Å². The molecule has 4 atom stereocenters. The number of hydrogen-bond acceptors (Lipinski definition) is 9. The third kappa shape index (κ3) is 7.18. The van der Waals surface area contributed by atoms with Crippen molar-refractivity contribution < 1.29 is 60.7 Å². The van der Waals surface area contributed by atoms with E-state index in [4.69, 9.17) is 40.0 Å². The minimum absolute atomic E-state index is 0.0153. The Morgan fingerprint density at radius 1 is 1.05 bits per heavy atom. The van der Waals surface area contributed by atoms with Crippen LogP contribution in [-0.4, -0.2) is 69.4 Å². The number of carboxylic acid groups (broad SMARTS) is 2. The van der Waals surface area contributed by atoms with E-state index in [1.807, 2.05) is 18.2 Å². The second-order valence-corrected chi connectivity index (χ2v) is 9.25. The molecule has 5 rings (SSSR count). The summed E-state index contributed by atoms with van der Waals surface area (Å²) in [6.07, 6.45) is -6.86. The van der Waals surface area contributed by atoms with E-state index in [1.54, 1.807) is 18.3 Å². The van der Waals surface area contributed by atoms with Crippen LogP contribution in [0.25, 0.3) is 11.3 Å². The standard InChI is InChI=1S/C21H20N4O3.2C2HF3O2/c22-10-12-5-6-24-17(7-12)13-1-3-18-15(8-13)21(11-27-20(23)25-21)16-9-14(26)2-4-19(16)28-18;2*3-2(4,5)1(6)7/h1,3,5-8,14,16,19,26H,2,4,9,11H2,(H2,23,25);2*(H,6,7)/t14-,16-,19-,21?;;/m0../s1. The lowest BCUT2D eigenvalue weighted by Gasteiger charge is -2.47. The number of hydrogen-bond donors (Lipinski definition) is 4. The molecule has 1 spiro atoms. The van der Waals surface area contributed by atoms with Crippen LogP contribution in [0.1, 0.15) is 30.4 Å². The van der Waals surface area contributed by atoms with Gasteiger partial charge in [0.1, 0.15) is 24.0 Å². The Labute approximate surface area is 232 Å². The second kappa shape index (κ2) is 12.1. The number of pyridine rings is 1. The SMILES string of the molecule is N#Cc1ccnc(-c2ccc3c(c2)C2(COC(N)=N2)[C@H]2C[C@@H](O)CC[C@@H]2O3)c1.O=C(O)C(F)(F)F.O=C(O)C(F)(F)F. The Morgan fingerprint density at radius 2 is 1.67 bits per heavy atom.